The van der Waals surface area contributed by atoms with Gasteiger partial charge in [-0.3, -0.25) is 4.79 Å². The van der Waals surface area contributed by atoms with E-state index in [-0.39, 0.29) is 23.5 Å². The van der Waals surface area contributed by atoms with Gasteiger partial charge in [-0.2, -0.15) is 0 Å². The highest BCUT2D eigenvalue weighted by Crippen LogP contribution is 2.24. The van der Waals surface area contributed by atoms with Crippen LogP contribution in [0.15, 0.2) is 64.2 Å². The predicted octanol–water partition coefficient (Wildman–Crippen LogP) is 3.48. The fourth-order valence-corrected chi connectivity index (χ4v) is 4.02. The summed E-state index contributed by atoms with van der Waals surface area (Å²) >= 11 is 0. The number of carbonyl (C=O) groups excluding carboxylic acids is 1. The molecule has 0 saturated heterocycles. The molecule has 0 unspecified atom stereocenters. The maximum atomic E-state index is 12.7. The van der Waals surface area contributed by atoms with Gasteiger partial charge in [0.1, 0.15) is 6.04 Å². The number of aromatic nitrogens is 2. The van der Waals surface area contributed by atoms with Crippen molar-refractivity contribution in [3.05, 3.63) is 77.2 Å². The number of nitrogens with one attached hydrogen (secondary N) is 1. The van der Waals surface area contributed by atoms with E-state index in [0.717, 1.165) is 5.56 Å². The molecule has 1 N–H and O–H groups in total. The fraction of sp³-hybridized carbons (Fsp3) is 0.286. The van der Waals surface area contributed by atoms with E-state index in [0.29, 0.717) is 11.1 Å². The lowest BCUT2D eigenvalue weighted by Crippen LogP contribution is -2.32. The summed E-state index contributed by atoms with van der Waals surface area (Å²) in [6.07, 6.45) is 0. The first-order chi connectivity index (χ1) is 13.8. The van der Waals surface area contributed by atoms with E-state index in [4.69, 9.17) is 4.42 Å². The van der Waals surface area contributed by atoms with Crippen LogP contribution in [-0.4, -0.2) is 24.5 Å². The number of sulfone groups is 1. The molecule has 3 aromatic rings. The standard InChI is InChI=1S/C21H23N3O4S/c1-14(2)18(22-19(25)17-12-8-7-9-15(17)3)20-23-24-21(28-20)29(26,27)13-16-10-5-4-6-11-16/h4-12,14,18H,13H2,1-3H3,(H,22,25)/t18-/m0/s1. The topological polar surface area (TPSA) is 102 Å². The number of rotatable bonds is 7. The highest BCUT2D eigenvalue weighted by Gasteiger charge is 2.29. The number of hydrogen-bond donors (Lipinski definition) is 1. The molecule has 8 heteroatoms. The van der Waals surface area contributed by atoms with Crippen molar-refractivity contribution >= 4 is 15.7 Å². The number of aryl methyl sites for hydroxylation is 1. The van der Waals surface area contributed by atoms with Crippen LogP contribution in [0.2, 0.25) is 0 Å². The molecule has 0 aliphatic heterocycles. The van der Waals surface area contributed by atoms with Crippen molar-refractivity contribution in [2.24, 2.45) is 5.92 Å². The number of hydrogen-bond acceptors (Lipinski definition) is 6. The second-order valence-corrected chi connectivity index (χ2v) is 9.03. The zero-order valence-electron chi connectivity index (χ0n) is 16.5. The Bertz CT molecular complexity index is 1090. The van der Waals surface area contributed by atoms with E-state index in [1.54, 1.807) is 36.4 Å². The predicted molar refractivity (Wildman–Crippen MR) is 108 cm³/mol. The van der Waals surface area contributed by atoms with Gasteiger partial charge in [0.15, 0.2) is 0 Å². The molecular formula is C21H23N3O4S. The molecule has 0 aliphatic rings. The number of amides is 1. The van der Waals surface area contributed by atoms with Crippen molar-refractivity contribution in [3.63, 3.8) is 0 Å². The van der Waals surface area contributed by atoms with Crippen molar-refractivity contribution in [3.8, 4) is 0 Å². The molecule has 0 fully saturated rings. The van der Waals surface area contributed by atoms with Crippen molar-refractivity contribution < 1.29 is 17.6 Å². The summed E-state index contributed by atoms with van der Waals surface area (Å²) in [5.41, 5.74) is 2.00. The molecule has 152 valence electrons. The average Bonchev–Trinajstić information content (AvgIpc) is 3.17. The fourth-order valence-electron chi connectivity index (χ4n) is 2.89. The SMILES string of the molecule is Cc1ccccc1C(=O)N[C@H](c1nnc(S(=O)(=O)Cc2ccccc2)o1)C(C)C. The summed E-state index contributed by atoms with van der Waals surface area (Å²) < 4.78 is 30.7. The van der Waals surface area contributed by atoms with E-state index in [2.05, 4.69) is 15.5 Å². The summed E-state index contributed by atoms with van der Waals surface area (Å²) in [5, 5.41) is 10.1. The smallest absolute Gasteiger partial charge is 0.335 e. The Labute approximate surface area is 170 Å². The van der Waals surface area contributed by atoms with Crippen LogP contribution < -0.4 is 5.32 Å². The lowest BCUT2D eigenvalue weighted by Gasteiger charge is -2.19. The zero-order valence-corrected chi connectivity index (χ0v) is 17.3. The first-order valence-electron chi connectivity index (χ1n) is 9.24. The van der Waals surface area contributed by atoms with Crippen LogP contribution in [0.1, 0.15) is 47.3 Å². The zero-order chi connectivity index (χ0) is 21.0. The van der Waals surface area contributed by atoms with E-state index >= 15 is 0 Å². The van der Waals surface area contributed by atoms with Crippen molar-refractivity contribution in [1.29, 1.82) is 0 Å². The lowest BCUT2D eigenvalue weighted by atomic mass is 10.0. The van der Waals surface area contributed by atoms with Crippen molar-refractivity contribution in [2.45, 2.75) is 37.8 Å². The molecule has 1 heterocycles. The average molecular weight is 413 g/mol. The van der Waals surface area contributed by atoms with Crippen LogP contribution in [0, 0.1) is 12.8 Å². The second-order valence-electron chi connectivity index (χ2n) is 7.16. The Kier molecular flexibility index (Phi) is 6.12. The maximum Gasteiger partial charge on any atom is 0.335 e. The van der Waals surface area contributed by atoms with Gasteiger partial charge in [0, 0.05) is 5.56 Å². The molecule has 0 radical (unpaired) electrons. The molecule has 1 aromatic heterocycles. The third kappa shape index (κ3) is 4.89. The largest absolute Gasteiger partial charge is 0.410 e. The molecule has 0 spiro atoms. The molecule has 1 atom stereocenters. The number of carbonyl (C=O) groups is 1. The van der Waals surface area contributed by atoms with E-state index in [1.165, 1.54) is 0 Å². The highest BCUT2D eigenvalue weighted by molar-refractivity contribution is 7.90. The molecule has 7 nitrogen and oxygen atoms in total. The van der Waals surface area contributed by atoms with Gasteiger partial charge < -0.3 is 9.73 Å². The van der Waals surface area contributed by atoms with Gasteiger partial charge in [-0.25, -0.2) is 8.42 Å². The summed E-state index contributed by atoms with van der Waals surface area (Å²) in [6.45, 7) is 5.61. The summed E-state index contributed by atoms with van der Waals surface area (Å²) in [7, 11) is -3.79. The monoisotopic (exact) mass is 413 g/mol. The lowest BCUT2D eigenvalue weighted by molar-refractivity contribution is 0.0914. The normalized spacial score (nSPS) is 12.7. The Hall–Kier alpha value is -3.00. The minimum Gasteiger partial charge on any atom is -0.410 e. The van der Waals surface area contributed by atoms with Crippen molar-refractivity contribution in [2.75, 3.05) is 0 Å². The van der Waals surface area contributed by atoms with E-state index in [1.807, 2.05) is 39.0 Å². The Balaban J connectivity index is 1.82. The molecule has 2 aromatic carbocycles. The van der Waals surface area contributed by atoms with Crippen LogP contribution in [0.3, 0.4) is 0 Å². The first kappa shape index (κ1) is 20.7. The van der Waals surface area contributed by atoms with Gasteiger partial charge in [-0.05, 0) is 30.0 Å². The quantitative estimate of drug-likeness (QED) is 0.636. The van der Waals surface area contributed by atoms with Crippen LogP contribution in [0.25, 0.3) is 0 Å². The van der Waals surface area contributed by atoms with Crippen molar-refractivity contribution in [1.82, 2.24) is 15.5 Å². The van der Waals surface area contributed by atoms with Gasteiger partial charge >= 0.3 is 5.22 Å². The van der Waals surface area contributed by atoms with Gasteiger partial charge in [0.25, 0.3) is 5.91 Å². The minimum atomic E-state index is -3.79. The van der Waals surface area contributed by atoms with Gasteiger partial charge in [0.05, 0.1) is 5.75 Å². The molecule has 0 aliphatic carbocycles. The minimum absolute atomic E-state index is 0.0635. The van der Waals surface area contributed by atoms with Gasteiger partial charge in [-0.1, -0.05) is 67.5 Å². The van der Waals surface area contributed by atoms with Crippen LogP contribution in [0.4, 0.5) is 0 Å². The maximum absolute atomic E-state index is 12.7. The van der Waals surface area contributed by atoms with Crippen LogP contribution in [0.5, 0.6) is 0 Å². The first-order valence-corrected chi connectivity index (χ1v) is 10.9. The van der Waals surface area contributed by atoms with Crippen LogP contribution >= 0.6 is 0 Å². The molecule has 0 saturated carbocycles. The molecular weight excluding hydrogens is 390 g/mol. The molecule has 0 bridgehead atoms. The van der Waals surface area contributed by atoms with Gasteiger partial charge in [0.2, 0.25) is 15.7 Å². The number of nitrogens with zero attached hydrogens (tertiary/aromatic N) is 2. The van der Waals surface area contributed by atoms with Crippen LogP contribution in [-0.2, 0) is 15.6 Å². The van der Waals surface area contributed by atoms with E-state index < -0.39 is 21.1 Å². The molecule has 3 rings (SSSR count). The highest BCUT2D eigenvalue weighted by atomic mass is 32.2. The summed E-state index contributed by atoms with van der Waals surface area (Å²) in [4.78, 5) is 12.7. The molecule has 1 amide bonds. The van der Waals surface area contributed by atoms with E-state index in [9.17, 15) is 13.2 Å². The second kappa shape index (κ2) is 8.57. The Morgan fingerprint density at radius 1 is 1.03 bits per heavy atom. The number of benzene rings is 2. The van der Waals surface area contributed by atoms with Gasteiger partial charge in [-0.15, -0.1) is 5.10 Å². The summed E-state index contributed by atoms with van der Waals surface area (Å²) in [5.74, 6) is -0.549. The Morgan fingerprint density at radius 3 is 2.34 bits per heavy atom. The Morgan fingerprint density at radius 2 is 1.69 bits per heavy atom. The summed E-state index contributed by atoms with van der Waals surface area (Å²) in [6, 6.07) is 15.4. The molecule has 29 heavy (non-hydrogen) atoms. The third-order valence-electron chi connectivity index (χ3n) is 4.50. The third-order valence-corrected chi connectivity index (χ3v) is 5.91.